The largest absolute Gasteiger partial charge is 1.00 e. The van der Waals surface area contributed by atoms with E-state index in [1.165, 1.54) is 0 Å². The molecule has 2 nitrogen and oxygen atoms in total. The predicted octanol–water partition coefficient (Wildman–Crippen LogP) is -1.47. The van der Waals surface area contributed by atoms with Crippen molar-refractivity contribution in [1.82, 2.24) is 4.90 Å². The van der Waals surface area contributed by atoms with Gasteiger partial charge in [-0.2, -0.15) is 0 Å². The first-order chi connectivity index (χ1) is 4.46. The maximum Gasteiger partial charge on any atom is 1.00 e. The first-order valence-corrected chi connectivity index (χ1v) is 3.99. The van der Waals surface area contributed by atoms with E-state index in [2.05, 4.69) is 32.6 Å². The zero-order valence-corrected chi connectivity index (χ0v) is 8.76. The van der Waals surface area contributed by atoms with Crippen LogP contribution in [0.2, 0.25) is 0 Å². The van der Waals surface area contributed by atoms with E-state index in [0.29, 0.717) is 12.1 Å². The number of nitrogens with two attached hydrogens (primary N) is 1. The fraction of sp³-hybridized carbons (Fsp3) is 1.00. The van der Waals surface area contributed by atoms with Crippen LogP contribution in [-0.2, 0) is 0 Å². The molecule has 0 saturated heterocycles. The number of hydrogen-bond acceptors (Lipinski definition) is 2. The molecule has 0 aromatic carbocycles. The van der Waals surface area contributed by atoms with Crippen LogP contribution in [-0.4, -0.2) is 23.1 Å². The molecular formula is C8H21LiN2. The first-order valence-electron chi connectivity index (χ1n) is 3.99. The second kappa shape index (κ2) is 6.08. The summed E-state index contributed by atoms with van der Waals surface area (Å²) in [6.45, 7) is 10.7. The fourth-order valence-electron chi connectivity index (χ4n) is 1.54. The van der Waals surface area contributed by atoms with Crippen molar-refractivity contribution in [3.05, 3.63) is 0 Å². The van der Waals surface area contributed by atoms with Crippen molar-refractivity contribution in [3.8, 4) is 0 Å². The van der Waals surface area contributed by atoms with E-state index in [4.69, 9.17) is 5.73 Å². The summed E-state index contributed by atoms with van der Waals surface area (Å²) in [6.07, 6.45) is 0.167. The van der Waals surface area contributed by atoms with Crippen molar-refractivity contribution in [2.45, 2.75) is 52.9 Å². The van der Waals surface area contributed by atoms with Crippen LogP contribution >= 0.6 is 0 Å². The Hall–Kier alpha value is 0.517. The molecule has 3 heteroatoms. The van der Waals surface area contributed by atoms with E-state index < -0.39 is 0 Å². The summed E-state index contributed by atoms with van der Waals surface area (Å²) in [7, 11) is 0. The number of rotatable bonds is 3. The van der Waals surface area contributed by atoms with E-state index in [0.717, 1.165) is 0 Å². The Morgan fingerprint density at radius 3 is 1.27 bits per heavy atom. The molecule has 0 aliphatic heterocycles. The molecule has 0 amide bonds. The monoisotopic (exact) mass is 152 g/mol. The number of nitrogens with zero attached hydrogens (tertiary/aromatic N) is 1. The topological polar surface area (TPSA) is 29.3 Å². The Bertz CT molecular complexity index is 78.0. The molecule has 2 N–H and O–H groups in total. The Balaban J connectivity index is -0.000000405. The molecule has 0 fully saturated rings. The molecule has 0 aromatic heterocycles. The van der Waals surface area contributed by atoms with Gasteiger partial charge in [-0.3, -0.25) is 4.90 Å². The summed E-state index contributed by atoms with van der Waals surface area (Å²) in [6, 6.07) is 1.08. The molecule has 1 unspecified atom stereocenters. The van der Waals surface area contributed by atoms with Crippen LogP contribution < -0.4 is 24.6 Å². The second-order valence-corrected chi connectivity index (χ2v) is 3.38. The van der Waals surface area contributed by atoms with E-state index >= 15 is 0 Å². The van der Waals surface area contributed by atoms with Gasteiger partial charge in [0.1, 0.15) is 0 Å². The van der Waals surface area contributed by atoms with Gasteiger partial charge in [-0.05, 0) is 34.6 Å². The summed E-state index contributed by atoms with van der Waals surface area (Å²) in [5, 5.41) is 0. The van der Waals surface area contributed by atoms with Crippen LogP contribution in [0.1, 0.15) is 36.0 Å². The zero-order chi connectivity index (χ0) is 8.31. The molecule has 0 radical (unpaired) electrons. The summed E-state index contributed by atoms with van der Waals surface area (Å²) >= 11 is 0. The van der Waals surface area contributed by atoms with Crippen LogP contribution in [0.5, 0.6) is 0 Å². The van der Waals surface area contributed by atoms with Gasteiger partial charge in [0.2, 0.25) is 0 Å². The van der Waals surface area contributed by atoms with Gasteiger partial charge in [-0.1, -0.05) is 0 Å². The molecule has 64 valence electrons. The molecule has 0 aliphatic rings. The van der Waals surface area contributed by atoms with E-state index in [1.54, 1.807) is 0 Å². The Labute approximate surface area is 84.2 Å². The quantitative estimate of drug-likeness (QED) is 0.395. The van der Waals surface area contributed by atoms with Crippen LogP contribution in [0.25, 0.3) is 0 Å². The minimum Gasteiger partial charge on any atom is -1.00 e. The molecule has 0 bridgehead atoms. The summed E-state index contributed by atoms with van der Waals surface area (Å²) < 4.78 is 0. The standard InChI is InChI=1S/C8H20N2.Li.H/c1-6(2)10(7(3)4)8(5)9;;/h6-8H,9H2,1-5H3;;/q;+1;-1. The zero-order valence-electron chi connectivity index (χ0n) is 9.76. The molecule has 0 rings (SSSR count). The van der Waals surface area contributed by atoms with E-state index in [9.17, 15) is 0 Å². The molecule has 0 heterocycles. The fourth-order valence-corrected chi connectivity index (χ4v) is 1.54. The summed E-state index contributed by atoms with van der Waals surface area (Å²) in [4.78, 5) is 2.28. The second-order valence-electron chi connectivity index (χ2n) is 3.38. The summed E-state index contributed by atoms with van der Waals surface area (Å²) in [5.41, 5.74) is 5.76. The summed E-state index contributed by atoms with van der Waals surface area (Å²) in [5.74, 6) is 0. The first kappa shape index (κ1) is 14.1. The van der Waals surface area contributed by atoms with Crippen LogP contribution in [0.15, 0.2) is 0 Å². The van der Waals surface area contributed by atoms with Gasteiger partial charge in [0.15, 0.2) is 0 Å². The normalized spacial score (nSPS) is 13.9. The van der Waals surface area contributed by atoms with Crippen molar-refractivity contribution in [1.29, 1.82) is 0 Å². The van der Waals surface area contributed by atoms with Gasteiger partial charge in [-0.15, -0.1) is 0 Å². The Kier molecular flexibility index (Phi) is 7.77. The average Bonchev–Trinajstić information content (AvgIpc) is 1.59. The van der Waals surface area contributed by atoms with Gasteiger partial charge in [0.25, 0.3) is 0 Å². The third-order valence-corrected chi connectivity index (χ3v) is 1.66. The van der Waals surface area contributed by atoms with Crippen molar-refractivity contribution < 1.29 is 20.3 Å². The molecule has 0 saturated carbocycles. The smallest absolute Gasteiger partial charge is 1.00 e. The van der Waals surface area contributed by atoms with Crippen molar-refractivity contribution in [3.63, 3.8) is 0 Å². The average molecular weight is 152 g/mol. The van der Waals surface area contributed by atoms with E-state index in [-0.39, 0.29) is 26.5 Å². The Morgan fingerprint density at radius 1 is 1.00 bits per heavy atom. The minimum atomic E-state index is 0. The SMILES string of the molecule is CC(C)N(C(C)C)C(C)N.[H-].[Li+]. The maximum absolute atomic E-state index is 5.76. The van der Waals surface area contributed by atoms with Gasteiger partial charge >= 0.3 is 18.9 Å². The molecule has 11 heavy (non-hydrogen) atoms. The van der Waals surface area contributed by atoms with Gasteiger partial charge < -0.3 is 7.16 Å². The van der Waals surface area contributed by atoms with Crippen LogP contribution in [0, 0.1) is 0 Å². The molecule has 0 aliphatic carbocycles. The van der Waals surface area contributed by atoms with Crippen LogP contribution in [0.4, 0.5) is 0 Å². The van der Waals surface area contributed by atoms with Gasteiger partial charge in [0.05, 0.1) is 6.17 Å². The molecular weight excluding hydrogens is 131 g/mol. The van der Waals surface area contributed by atoms with Crippen molar-refractivity contribution in [2.75, 3.05) is 0 Å². The predicted molar refractivity (Wildman–Crippen MR) is 46.9 cm³/mol. The van der Waals surface area contributed by atoms with Crippen molar-refractivity contribution >= 4 is 0 Å². The number of hydrogen-bond donors (Lipinski definition) is 1. The third kappa shape index (κ3) is 4.87. The van der Waals surface area contributed by atoms with Crippen molar-refractivity contribution in [2.24, 2.45) is 5.73 Å². The Morgan fingerprint density at radius 2 is 1.27 bits per heavy atom. The maximum atomic E-state index is 5.76. The third-order valence-electron chi connectivity index (χ3n) is 1.66. The minimum absolute atomic E-state index is 0. The molecule has 1 atom stereocenters. The van der Waals surface area contributed by atoms with Crippen LogP contribution in [0.3, 0.4) is 0 Å². The van der Waals surface area contributed by atoms with Gasteiger partial charge in [0, 0.05) is 12.1 Å². The van der Waals surface area contributed by atoms with E-state index in [1.807, 2.05) is 6.92 Å². The van der Waals surface area contributed by atoms with Gasteiger partial charge in [-0.25, -0.2) is 0 Å². The molecule has 0 spiro atoms. The molecule has 0 aromatic rings.